The van der Waals surface area contributed by atoms with E-state index in [9.17, 15) is 0 Å². The van der Waals surface area contributed by atoms with Gasteiger partial charge in [-0.2, -0.15) is 0 Å². The fraction of sp³-hybridized carbons (Fsp3) is 0.417. The number of hydrogen-bond acceptors (Lipinski definition) is 3. The molecule has 2 rings (SSSR count). The smallest absolute Gasteiger partial charge is 0.0897 e. The van der Waals surface area contributed by atoms with Crippen LogP contribution in [0.15, 0.2) is 24.5 Å². The molecule has 1 unspecified atom stereocenters. The highest BCUT2D eigenvalue weighted by molar-refractivity contribution is 7.11. The summed E-state index contributed by atoms with van der Waals surface area (Å²) in [7, 11) is 1.98. The summed E-state index contributed by atoms with van der Waals surface area (Å²) in [6.07, 6.45) is 4.09. The number of rotatable bonds is 4. The van der Waals surface area contributed by atoms with Crippen molar-refractivity contribution in [1.29, 1.82) is 0 Å². The van der Waals surface area contributed by atoms with Gasteiger partial charge in [0.2, 0.25) is 0 Å². The van der Waals surface area contributed by atoms with Gasteiger partial charge in [0.15, 0.2) is 0 Å². The molecule has 0 saturated heterocycles. The van der Waals surface area contributed by atoms with Gasteiger partial charge in [0.1, 0.15) is 0 Å². The van der Waals surface area contributed by atoms with Gasteiger partial charge in [-0.3, -0.25) is 0 Å². The molecule has 0 fully saturated rings. The van der Waals surface area contributed by atoms with Gasteiger partial charge < -0.3 is 9.88 Å². The zero-order chi connectivity index (χ0) is 11.5. The summed E-state index contributed by atoms with van der Waals surface area (Å²) < 4.78 is 2.27. The molecule has 1 atom stereocenters. The number of nitrogens with one attached hydrogen (secondary N) is 1. The van der Waals surface area contributed by atoms with Crippen LogP contribution in [0.25, 0.3) is 0 Å². The summed E-state index contributed by atoms with van der Waals surface area (Å²) in [5, 5.41) is 4.40. The Bertz CT molecular complexity index is 458. The van der Waals surface area contributed by atoms with Crippen LogP contribution in [0.3, 0.4) is 0 Å². The molecule has 2 aromatic rings. The van der Waals surface area contributed by atoms with Gasteiger partial charge in [-0.25, -0.2) is 4.98 Å². The molecule has 0 amide bonds. The van der Waals surface area contributed by atoms with Crippen LogP contribution in [-0.4, -0.2) is 16.6 Å². The highest BCUT2D eigenvalue weighted by Crippen LogP contribution is 2.18. The number of aryl methyl sites for hydroxylation is 1. The minimum absolute atomic E-state index is 0.379. The third-order valence-corrected chi connectivity index (χ3v) is 3.63. The maximum atomic E-state index is 4.28. The largest absolute Gasteiger partial charge is 0.345 e. The van der Waals surface area contributed by atoms with Gasteiger partial charge >= 0.3 is 0 Å². The minimum Gasteiger partial charge on any atom is -0.345 e. The summed E-state index contributed by atoms with van der Waals surface area (Å²) in [4.78, 5) is 5.59. The second-order valence-electron chi connectivity index (χ2n) is 3.92. The van der Waals surface area contributed by atoms with E-state index in [0.29, 0.717) is 6.04 Å². The first-order valence-electron chi connectivity index (χ1n) is 5.44. The summed E-state index contributed by atoms with van der Waals surface area (Å²) in [6.45, 7) is 5.13. The lowest BCUT2D eigenvalue weighted by Gasteiger charge is -2.14. The quantitative estimate of drug-likeness (QED) is 0.882. The Morgan fingerprint density at radius 1 is 1.56 bits per heavy atom. The van der Waals surface area contributed by atoms with E-state index in [1.807, 2.05) is 20.2 Å². The molecular formula is C12H17N3S. The first-order chi connectivity index (χ1) is 7.70. The van der Waals surface area contributed by atoms with Gasteiger partial charge in [-0.1, -0.05) is 0 Å². The lowest BCUT2D eigenvalue weighted by molar-refractivity contribution is 0.591. The number of thiazole rings is 1. The molecule has 0 aliphatic rings. The molecule has 16 heavy (non-hydrogen) atoms. The third-order valence-electron chi connectivity index (χ3n) is 2.74. The topological polar surface area (TPSA) is 29.9 Å². The molecule has 2 aromatic heterocycles. The number of hydrogen-bond donors (Lipinski definition) is 1. The third kappa shape index (κ3) is 2.33. The van der Waals surface area contributed by atoms with Gasteiger partial charge in [0, 0.05) is 29.0 Å². The van der Waals surface area contributed by atoms with Crippen LogP contribution in [0.5, 0.6) is 0 Å². The van der Waals surface area contributed by atoms with Gasteiger partial charge in [-0.15, -0.1) is 11.3 Å². The van der Waals surface area contributed by atoms with Crippen molar-refractivity contribution in [3.05, 3.63) is 40.1 Å². The van der Waals surface area contributed by atoms with Crippen LogP contribution < -0.4 is 5.32 Å². The average Bonchev–Trinajstić information content (AvgIpc) is 2.87. The Hall–Kier alpha value is -1.13. The lowest BCUT2D eigenvalue weighted by Crippen LogP contribution is -2.16. The maximum Gasteiger partial charge on any atom is 0.0897 e. The Morgan fingerprint density at radius 3 is 3.00 bits per heavy atom. The van der Waals surface area contributed by atoms with E-state index >= 15 is 0 Å². The summed E-state index contributed by atoms with van der Waals surface area (Å²) in [6, 6.07) is 4.63. The van der Waals surface area contributed by atoms with Gasteiger partial charge in [0.25, 0.3) is 0 Å². The molecule has 86 valence electrons. The fourth-order valence-electron chi connectivity index (χ4n) is 1.76. The van der Waals surface area contributed by atoms with Crippen LogP contribution in [0.2, 0.25) is 0 Å². The van der Waals surface area contributed by atoms with Crippen molar-refractivity contribution in [3.8, 4) is 0 Å². The highest BCUT2D eigenvalue weighted by atomic mass is 32.1. The first kappa shape index (κ1) is 11.4. The van der Waals surface area contributed by atoms with Crippen LogP contribution in [0.4, 0.5) is 0 Å². The van der Waals surface area contributed by atoms with Crippen molar-refractivity contribution in [2.45, 2.75) is 26.4 Å². The normalized spacial score (nSPS) is 12.9. The van der Waals surface area contributed by atoms with E-state index in [4.69, 9.17) is 0 Å². The molecule has 1 N–H and O–H groups in total. The molecule has 3 nitrogen and oxygen atoms in total. The Kier molecular flexibility index (Phi) is 3.41. The van der Waals surface area contributed by atoms with Crippen molar-refractivity contribution >= 4 is 11.3 Å². The number of aromatic nitrogens is 2. The van der Waals surface area contributed by atoms with E-state index in [1.165, 1.54) is 10.6 Å². The number of nitrogens with zero attached hydrogens (tertiary/aromatic N) is 2. The van der Waals surface area contributed by atoms with Crippen molar-refractivity contribution in [2.24, 2.45) is 0 Å². The SMILES string of the molecule is CNC(C)c1cccn1Cc1cnc(C)s1. The molecule has 0 saturated carbocycles. The van der Waals surface area contributed by atoms with E-state index in [1.54, 1.807) is 11.3 Å². The van der Waals surface area contributed by atoms with E-state index in [0.717, 1.165) is 11.6 Å². The van der Waals surface area contributed by atoms with Crippen molar-refractivity contribution < 1.29 is 0 Å². The predicted molar refractivity (Wildman–Crippen MR) is 67.9 cm³/mol. The zero-order valence-electron chi connectivity index (χ0n) is 9.90. The minimum atomic E-state index is 0.379. The Balaban J connectivity index is 2.18. The monoisotopic (exact) mass is 235 g/mol. The second kappa shape index (κ2) is 4.80. The summed E-state index contributed by atoms with van der Waals surface area (Å²) in [5.41, 5.74) is 1.31. The summed E-state index contributed by atoms with van der Waals surface area (Å²) in [5.74, 6) is 0. The van der Waals surface area contributed by atoms with Crippen molar-refractivity contribution in [2.75, 3.05) is 7.05 Å². The molecule has 0 aliphatic heterocycles. The predicted octanol–water partition coefficient (Wildman–Crippen LogP) is 2.58. The van der Waals surface area contributed by atoms with E-state index < -0.39 is 0 Å². The Labute approximate surface area is 100 Å². The summed E-state index contributed by atoms with van der Waals surface area (Å²) >= 11 is 1.76. The fourth-order valence-corrected chi connectivity index (χ4v) is 2.55. The van der Waals surface area contributed by atoms with Crippen LogP contribution >= 0.6 is 11.3 Å². The Morgan fingerprint density at radius 2 is 2.38 bits per heavy atom. The average molecular weight is 235 g/mol. The molecular weight excluding hydrogens is 218 g/mol. The molecule has 0 aliphatic carbocycles. The second-order valence-corrected chi connectivity index (χ2v) is 5.24. The molecule has 2 heterocycles. The molecule has 4 heteroatoms. The van der Waals surface area contributed by atoms with Crippen molar-refractivity contribution in [3.63, 3.8) is 0 Å². The maximum absolute atomic E-state index is 4.28. The van der Waals surface area contributed by atoms with Crippen LogP contribution in [0.1, 0.15) is 28.5 Å². The zero-order valence-corrected chi connectivity index (χ0v) is 10.7. The van der Waals surface area contributed by atoms with Gasteiger partial charge in [-0.05, 0) is 33.0 Å². The lowest BCUT2D eigenvalue weighted by atomic mass is 10.2. The molecule has 0 radical (unpaired) electrons. The van der Waals surface area contributed by atoms with E-state index in [2.05, 4.69) is 40.1 Å². The van der Waals surface area contributed by atoms with Gasteiger partial charge in [0.05, 0.1) is 11.6 Å². The first-order valence-corrected chi connectivity index (χ1v) is 6.26. The van der Waals surface area contributed by atoms with E-state index in [-0.39, 0.29) is 0 Å². The molecule has 0 aromatic carbocycles. The molecule has 0 bridgehead atoms. The molecule has 0 spiro atoms. The van der Waals surface area contributed by atoms with Crippen molar-refractivity contribution in [1.82, 2.24) is 14.9 Å². The highest BCUT2D eigenvalue weighted by Gasteiger charge is 2.08. The van der Waals surface area contributed by atoms with Crippen LogP contribution in [0, 0.1) is 6.92 Å². The van der Waals surface area contributed by atoms with Crippen LogP contribution in [-0.2, 0) is 6.54 Å². The standard InChI is InChI=1S/C12H17N3S/c1-9(13-3)12-5-4-6-15(12)8-11-7-14-10(2)16-11/h4-7,9,13H,8H2,1-3H3.